The first-order valence-electron chi connectivity index (χ1n) is 14.2. The predicted molar refractivity (Wildman–Crippen MR) is 164 cm³/mol. The molecule has 2 aromatic heterocycles. The van der Waals surface area contributed by atoms with Gasteiger partial charge in [-0.15, -0.1) is 0 Å². The Kier molecular flexibility index (Phi) is 6.72. The molecule has 2 aliphatic rings. The first kappa shape index (κ1) is 27.2. The maximum atomic E-state index is 17.0. The first-order chi connectivity index (χ1) is 19.6. The van der Waals surface area contributed by atoms with Crippen molar-refractivity contribution in [2.45, 2.75) is 32.9 Å². The summed E-state index contributed by atoms with van der Waals surface area (Å²) in [6.45, 7) is 13.0. The zero-order chi connectivity index (χ0) is 29.2. The molecule has 0 spiro atoms. The summed E-state index contributed by atoms with van der Waals surface area (Å²) in [5.74, 6) is 0.876. The number of carbonyl (C=O) groups is 1. The largest absolute Gasteiger partial charge is 0.352 e. The number of aromatic nitrogens is 3. The van der Waals surface area contributed by atoms with Crippen LogP contribution < -0.4 is 9.80 Å². The highest BCUT2D eigenvalue weighted by Crippen LogP contribution is 2.41. The van der Waals surface area contributed by atoms with Crippen LogP contribution in [0, 0.1) is 19.7 Å². The minimum atomic E-state index is -0.320. The molecule has 0 aliphatic carbocycles. The van der Waals surface area contributed by atoms with Crippen LogP contribution in [0.25, 0.3) is 32.9 Å². The highest BCUT2D eigenvalue weighted by Gasteiger charge is 2.34. The van der Waals surface area contributed by atoms with Gasteiger partial charge in [-0.1, -0.05) is 18.7 Å². The third-order valence-corrected chi connectivity index (χ3v) is 8.85. The predicted octanol–water partition coefficient (Wildman–Crippen LogP) is 4.52. The van der Waals surface area contributed by atoms with Crippen LogP contribution in [0.4, 0.5) is 16.2 Å². The van der Waals surface area contributed by atoms with E-state index in [1.165, 1.54) is 6.08 Å². The summed E-state index contributed by atoms with van der Waals surface area (Å²) in [5, 5.41) is 1.77. The smallest absolute Gasteiger partial charge is 0.246 e. The van der Waals surface area contributed by atoms with Gasteiger partial charge in [0.05, 0.1) is 5.52 Å². The molecule has 0 unspecified atom stereocenters. The van der Waals surface area contributed by atoms with Gasteiger partial charge in [0.1, 0.15) is 11.3 Å². The van der Waals surface area contributed by atoms with Gasteiger partial charge in [0.25, 0.3) is 0 Å². The normalized spacial score (nSPS) is 18.0. The number of nitrogens with zero attached hydrogens (tertiary/aromatic N) is 7. The zero-order valence-electron chi connectivity index (χ0n) is 24.8. The van der Waals surface area contributed by atoms with Crippen LogP contribution in [0.3, 0.4) is 0 Å². The van der Waals surface area contributed by atoms with E-state index in [1.54, 1.807) is 0 Å². The van der Waals surface area contributed by atoms with E-state index >= 15 is 4.39 Å². The minimum absolute atomic E-state index is 0.0346. The molecule has 2 aromatic carbocycles. The lowest BCUT2D eigenvalue weighted by atomic mass is 9.92. The molecule has 6 rings (SSSR count). The Morgan fingerprint density at radius 2 is 1.80 bits per heavy atom. The van der Waals surface area contributed by atoms with Crippen molar-refractivity contribution in [3.05, 3.63) is 60.1 Å². The molecule has 2 aliphatic heterocycles. The van der Waals surface area contributed by atoms with Crippen LogP contribution in [-0.4, -0.2) is 89.1 Å². The first-order valence-corrected chi connectivity index (χ1v) is 14.2. The van der Waals surface area contributed by atoms with E-state index in [2.05, 4.69) is 58.1 Å². The summed E-state index contributed by atoms with van der Waals surface area (Å²) < 4.78 is 19.0. The molecule has 1 atom stereocenters. The number of aryl methyl sites for hydroxylation is 3. The van der Waals surface area contributed by atoms with E-state index in [-0.39, 0.29) is 17.8 Å². The number of piperazine rings is 1. The van der Waals surface area contributed by atoms with Crippen molar-refractivity contribution in [3.8, 4) is 11.1 Å². The van der Waals surface area contributed by atoms with Gasteiger partial charge in [-0.2, -0.15) is 4.98 Å². The van der Waals surface area contributed by atoms with Gasteiger partial charge in [-0.25, -0.2) is 9.37 Å². The van der Waals surface area contributed by atoms with E-state index in [9.17, 15) is 4.79 Å². The number of fused-ring (bicyclic) bond motifs is 2. The Bertz CT molecular complexity index is 1690. The number of benzene rings is 2. The van der Waals surface area contributed by atoms with Gasteiger partial charge in [0.2, 0.25) is 11.9 Å². The van der Waals surface area contributed by atoms with Crippen LogP contribution in [0.5, 0.6) is 0 Å². The second-order valence-corrected chi connectivity index (χ2v) is 11.8. The van der Waals surface area contributed by atoms with E-state index in [4.69, 9.17) is 9.97 Å². The Labute approximate surface area is 240 Å². The SMILES string of the molecule is C=CC(=O)N1CCN(c2nc(N3CC(N(C)C)C3)nc3c(F)c(-c4c(C)ccc5ccn(C)c45)c(C)cc23)C[C@H]1C. The molecule has 2 fully saturated rings. The molecular weight excluding hydrogens is 517 g/mol. The van der Waals surface area contributed by atoms with Crippen molar-refractivity contribution in [2.24, 2.45) is 7.05 Å². The van der Waals surface area contributed by atoms with Crippen molar-refractivity contribution in [3.63, 3.8) is 0 Å². The minimum Gasteiger partial charge on any atom is -0.352 e. The fourth-order valence-electron chi connectivity index (χ4n) is 6.36. The number of likely N-dealkylation sites (N-methyl/N-ethyl adjacent to an activating group) is 1. The summed E-state index contributed by atoms with van der Waals surface area (Å²) in [6.07, 6.45) is 3.38. The third kappa shape index (κ3) is 4.43. The monoisotopic (exact) mass is 555 g/mol. The number of anilines is 2. The van der Waals surface area contributed by atoms with Crippen LogP contribution in [-0.2, 0) is 11.8 Å². The van der Waals surface area contributed by atoms with Crippen molar-refractivity contribution < 1.29 is 9.18 Å². The average molecular weight is 556 g/mol. The average Bonchev–Trinajstić information content (AvgIpc) is 3.28. The van der Waals surface area contributed by atoms with Gasteiger partial charge in [0, 0.05) is 80.0 Å². The Morgan fingerprint density at radius 3 is 2.49 bits per heavy atom. The highest BCUT2D eigenvalue weighted by atomic mass is 19.1. The van der Waals surface area contributed by atoms with Gasteiger partial charge in [0.15, 0.2) is 5.82 Å². The summed E-state index contributed by atoms with van der Waals surface area (Å²) in [6, 6.07) is 8.62. The number of amides is 1. The molecule has 0 saturated carbocycles. The molecule has 214 valence electrons. The third-order valence-electron chi connectivity index (χ3n) is 8.85. The molecule has 8 nitrogen and oxygen atoms in total. The van der Waals surface area contributed by atoms with Crippen molar-refractivity contribution >= 4 is 39.5 Å². The molecule has 0 bridgehead atoms. The fraction of sp³-hybridized carbons (Fsp3) is 0.406. The van der Waals surface area contributed by atoms with E-state index in [0.29, 0.717) is 48.1 Å². The summed E-state index contributed by atoms with van der Waals surface area (Å²) in [4.78, 5) is 30.7. The summed E-state index contributed by atoms with van der Waals surface area (Å²) >= 11 is 0. The molecule has 4 heterocycles. The van der Waals surface area contributed by atoms with Crippen molar-refractivity contribution in [2.75, 3.05) is 56.6 Å². The molecule has 1 amide bonds. The standard InChI is InChI=1S/C32H38FN7O/c1-8-25(41)40-14-13-38(16-21(40)4)31-24-15-20(3)26(27-19(2)9-10-22-11-12-37(7)30(22)27)28(33)29(24)34-32(35-31)39-17-23(18-39)36(5)6/h8-12,15,21,23H,1,13-14,16-18H2,2-7H3/t21-/m1/s1. The second kappa shape index (κ2) is 10.1. The fourth-order valence-corrected chi connectivity index (χ4v) is 6.36. The second-order valence-electron chi connectivity index (χ2n) is 11.8. The van der Waals surface area contributed by atoms with Gasteiger partial charge < -0.3 is 24.2 Å². The van der Waals surface area contributed by atoms with E-state index < -0.39 is 0 Å². The van der Waals surface area contributed by atoms with E-state index in [0.717, 1.165) is 46.5 Å². The molecule has 0 radical (unpaired) electrons. The summed E-state index contributed by atoms with van der Waals surface area (Å²) in [5.41, 5.74) is 4.69. The lowest BCUT2D eigenvalue weighted by Gasteiger charge is -2.43. The van der Waals surface area contributed by atoms with Gasteiger partial charge in [-0.3, -0.25) is 4.79 Å². The number of hydrogen-bond acceptors (Lipinski definition) is 6. The van der Waals surface area contributed by atoms with Gasteiger partial charge in [-0.05, 0) is 64.2 Å². The molecule has 2 saturated heterocycles. The Hall–Kier alpha value is -3.98. The zero-order valence-corrected chi connectivity index (χ0v) is 24.8. The summed E-state index contributed by atoms with van der Waals surface area (Å²) in [7, 11) is 6.14. The Morgan fingerprint density at radius 1 is 1.05 bits per heavy atom. The van der Waals surface area contributed by atoms with Crippen LogP contribution in [0.15, 0.2) is 43.1 Å². The topological polar surface area (TPSA) is 60.7 Å². The Balaban J connectivity index is 1.53. The number of carbonyl (C=O) groups excluding carboxylic acids is 1. The number of rotatable bonds is 5. The maximum absolute atomic E-state index is 17.0. The quantitative estimate of drug-likeness (QED) is 0.338. The van der Waals surface area contributed by atoms with Crippen LogP contribution in [0.2, 0.25) is 0 Å². The van der Waals surface area contributed by atoms with Crippen molar-refractivity contribution in [1.29, 1.82) is 0 Å². The number of hydrogen-bond donors (Lipinski definition) is 0. The molecule has 4 aromatic rings. The van der Waals surface area contributed by atoms with Crippen molar-refractivity contribution in [1.82, 2.24) is 24.3 Å². The molecule has 9 heteroatoms. The molecule has 41 heavy (non-hydrogen) atoms. The lowest BCUT2D eigenvalue weighted by Crippen LogP contribution is -2.58. The van der Waals surface area contributed by atoms with E-state index in [1.807, 2.05) is 45.0 Å². The number of halogens is 1. The highest BCUT2D eigenvalue weighted by molar-refractivity contribution is 6.02. The van der Waals surface area contributed by atoms with Crippen LogP contribution in [0.1, 0.15) is 18.1 Å². The lowest BCUT2D eigenvalue weighted by molar-refractivity contribution is -0.128. The molecular formula is C32H38FN7O. The maximum Gasteiger partial charge on any atom is 0.246 e. The van der Waals surface area contributed by atoms with Gasteiger partial charge >= 0.3 is 0 Å². The molecule has 0 N–H and O–H groups in total. The van der Waals surface area contributed by atoms with Crippen LogP contribution >= 0.6 is 0 Å².